The third-order valence-corrected chi connectivity index (χ3v) is 6.11. The van der Waals surface area contributed by atoms with Gasteiger partial charge in [0.1, 0.15) is 11.3 Å². The number of ether oxygens (including phenoxy) is 1. The Hall–Kier alpha value is -3.92. The molecule has 1 N–H and O–H groups in total. The van der Waals surface area contributed by atoms with E-state index in [1.807, 2.05) is 37.3 Å². The number of benzene rings is 2. The fourth-order valence-corrected chi connectivity index (χ4v) is 4.65. The van der Waals surface area contributed by atoms with Gasteiger partial charge in [-0.1, -0.05) is 36.4 Å². The Morgan fingerprint density at radius 2 is 1.82 bits per heavy atom. The Kier molecular flexibility index (Phi) is 4.82. The van der Waals surface area contributed by atoms with Crippen molar-refractivity contribution in [1.29, 1.82) is 0 Å². The molecule has 0 radical (unpaired) electrons. The number of oxazole rings is 1. The van der Waals surface area contributed by atoms with Gasteiger partial charge < -0.3 is 9.15 Å². The largest absolute Gasteiger partial charge is 0.494 e. The molecule has 0 spiro atoms. The minimum Gasteiger partial charge on any atom is -0.494 e. The summed E-state index contributed by atoms with van der Waals surface area (Å²) in [5, 5.41) is 3.05. The highest BCUT2D eigenvalue weighted by atomic mass is 32.2. The van der Waals surface area contributed by atoms with Gasteiger partial charge in [-0.2, -0.15) is 0 Å². The summed E-state index contributed by atoms with van der Waals surface area (Å²) >= 11 is 0. The molecule has 168 valence electrons. The number of hydrogen-bond acceptors (Lipinski definition) is 7. The Morgan fingerprint density at radius 3 is 2.52 bits per heavy atom. The summed E-state index contributed by atoms with van der Waals surface area (Å²) < 4.78 is 37.0. The molecule has 0 fully saturated rings. The van der Waals surface area contributed by atoms with Crippen LogP contribution < -0.4 is 10.3 Å². The van der Waals surface area contributed by atoms with Gasteiger partial charge in [-0.05, 0) is 24.6 Å². The number of fused-ring (bicyclic) bond motifs is 2. The van der Waals surface area contributed by atoms with Crippen molar-refractivity contribution >= 4 is 26.6 Å². The summed E-state index contributed by atoms with van der Waals surface area (Å²) in [5.74, 6) is 0.0134. The number of para-hydroxylation sites is 1. The SMILES string of the molecule is COc1cccc2oc(-c3c(CS(C)(=O)=O)nc4c(-c5ccccc5)c(C)[nH]n4c3=O)nc12. The van der Waals surface area contributed by atoms with E-state index in [1.54, 1.807) is 18.2 Å². The molecule has 0 aliphatic rings. The van der Waals surface area contributed by atoms with Gasteiger partial charge in [0.25, 0.3) is 5.56 Å². The van der Waals surface area contributed by atoms with Crippen LogP contribution in [0.3, 0.4) is 0 Å². The molecular formula is C23H20N4O5S. The predicted octanol–water partition coefficient (Wildman–Crippen LogP) is 3.36. The van der Waals surface area contributed by atoms with Crippen molar-refractivity contribution in [3.63, 3.8) is 0 Å². The predicted molar refractivity (Wildman–Crippen MR) is 124 cm³/mol. The van der Waals surface area contributed by atoms with Gasteiger partial charge in [0.2, 0.25) is 5.89 Å². The molecule has 0 unspecified atom stereocenters. The van der Waals surface area contributed by atoms with Crippen LogP contribution in [-0.2, 0) is 15.6 Å². The maximum atomic E-state index is 13.6. The maximum absolute atomic E-state index is 13.6. The lowest BCUT2D eigenvalue weighted by Gasteiger charge is -2.07. The molecule has 9 nitrogen and oxygen atoms in total. The van der Waals surface area contributed by atoms with Gasteiger partial charge in [0.15, 0.2) is 26.6 Å². The summed E-state index contributed by atoms with van der Waals surface area (Å²) in [6.07, 6.45) is 1.09. The quantitative estimate of drug-likeness (QED) is 0.423. The number of nitrogens with zero attached hydrogens (tertiary/aromatic N) is 3. The van der Waals surface area contributed by atoms with E-state index in [1.165, 1.54) is 11.6 Å². The zero-order valence-corrected chi connectivity index (χ0v) is 18.9. The molecule has 3 aromatic heterocycles. The number of sulfone groups is 1. The van der Waals surface area contributed by atoms with Gasteiger partial charge in [-0.15, -0.1) is 0 Å². The van der Waals surface area contributed by atoms with Gasteiger partial charge in [-0.25, -0.2) is 22.9 Å². The standard InChI is InChI=1S/C23H20N4O5S/c1-13-18(14-8-5-4-6-9-14)21-24-15(12-33(3,29)30)19(23(28)27(21)26-13)22-25-20-16(31-2)10-7-11-17(20)32-22/h4-11,26H,12H2,1-3H3. The molecule has 33 heavy (non-hydrogen) atoms. The molecular weight excluding hydrogens is 444 g/mol. The number of aromatic nitrogens is 4. The van der Waals surface area contributed by atoms with Crippen molar-refractivity contribution in [2.75, 3.05) is 13.4 Å². The molecule has 0 saturated carbocycles. The molecule has 5 aromatic rings. The normalized spacial score (nSPS) is 12.0. The van der Waals surface area contributed by atoms with Crippen LogP contribution in [0.1, 0.15) is 11.4 Å². The molecule has 0 bridgehead atoms. The maximum Gasteiger partial charge on any atom is 0.285 e. The van der Waals surface area contributed by atoms with Crippen LogP contribution in [-0.4, -0.2) is 41.4 Å². The van der Waals surface area contributed by atoms with Crippen molar-refractivity contribution < 1.29 is 17.6 Å². The summed E-state index contributed by atoms with van der Waals surface area (Å²) in [7, 11) is -2.01. The van der Waals surface area contributed by atoms with E-state index in [0.29, 0.717) is 33.8 Å². The molecule has 5 rings (SSSR count). The average Bonchev–Trinajstić information content (AvgIpc) is 3.34. The molecule has 0 amide bonds. The van der Waals surface area contributed by atoms with Crippen molar-refractivity contribution in [3.8, 4) is 28.3 Å². The molecule has 3 heterocycles. The van der Waals surface area contributed by atoms with Crippen LogP contribution in [0.2, 0.25) is 0 Å². The van der Waals surface area contributed by atoms with Gasteiger partial charge in [0.05, 0.1) is 18.6 Å². The number of rotatable bonds is 5. The van der Waals surface area contributed by atoms with E-state index < -0.39 is 21.1 Å². The third kappa shape index (κ3) is 3.58. The van der Waals surface area contributed by atoms with Crippen molar-refractivity contribution in [2.24, 2.45) is 0 Å². The van der Waals surface area contributed by atoms with E-state index in [2.05, 4.69) is 15.1 Å². The Balaban J connectivity index is 1.85. The van der Waals surface area contributed by atoms with Crippen LogP contribution in [0.5, 0.6) is 5.75 Å². The van der Waals surface area contributed by atoms with Crippen molar-refractivity contribution in [2.45, 2.75) is 12.7 Å². The Morgan fingerprint density at radius 1 is 1.06 bits per heavy atom. The Labute approximate surface area is 188 Å². The lowest BCUT2D eigenvalue weighted by Crippen LogP contribution is -2.21. The summed E-state index contributed by atoms with van der Waals surface area (Å²) in [6, 6.07) is 14.6. The van der Waals surface area contributed by atoms with E-state index in [9.17, 15) is 13.2 Å². The van der Waals surface area contributed by atoms with Gasteiger partial charge in [-0.3, -0.25) is 9.89 Å². The topological polar surface area (TPSA) is 120 Å². The number of aromatic amines is 1. The zero-order chi connectivity index (χ0) is 23.3. The summed E-state index contributed by atoms with van der Waals surface area (Å²) in [6.45, 7) is 1.83. The number of hydrogen-bond donors (Lipinski definition) is 1. The smallest absolute Gasteiger partial charge is 0.285 e. The zero-order valence-electron chi connectivity index (χ0n) is 18.1. The Bertz CT molecular complexity index is 1680. The fourth-order valence-electron chi connectivity index (χ4n) is 3.94. The van der Waals surface area contributed by atoms with Crippen LogP contribution in [0.25, 0.3) is 39.3 Å². The highest BCUT2D eigenvalue weighted by Gasteiger charge is 2.26. The highest BCUT2D eigenvalue weighted by Crippen LogP contribution is 2.32. The summed E-state index contributed by atoms with van der Waals surface area (Å²) in [5.41, 5.74) is 3.01. The second kappa shape index (κ2) is 7.59. The first-order chi connectivity index (χ1) is 15.8. The molecule has 0 aliphatic heterocycles. The second-order valence-electron chi connectivity index (χ2n) is 7.77. The van der Waals surface area contributed by atoms with Crippen LogP contribution in [0.4, 0.5) is 0 Å². The molecule has 0 aliphatic carbocycles. The second-order valence-corrected chi connectivity index (χ2v) is 9.91. The van der Waals surface area contributed by atoms with Crippen LogP contribution in [0, 0.1) is 6.92 Å². The fraction of sp³-hybridized carbons (Fsp3) is 0.174. The number of H-pyrrole nitrogens is 1. The molecule has 2 aromatic carbocycles. The molecule has 0 saturated heterocycles. The lowest BCUT2D eigenvalue weighted by molar-refractivity contribution is 0.419. The average molecular weight is 465 g/mol. The van der Waals surface area contributed by atoms with E-state index in [-0.39, 0.29) is 17.1 Å². The minimum absolute atomic E-state index is 0.0166. The number of methoxy groups -OCH3 is 1. The van der Waals surface area contributed by atoms with E-state index in [4.69, 9.17) is 9.15 Å². The first-order valence-electron chi connectivity index (χ1n) is 10.1. The first-order valence-corrected chi connectivity index (χ1v) is 12.1. The highest BCUT2D eigenvalue weighted by molar-refractivity contribution is 7.89. The van der Waals surface area contributed by atoms with Crippen LogP contribution in [0.15, 0.2) is 57.7 Å². The molecule has 0 atom stereocenters. The number of nitrogens with one attached hydrogen (secondary N) is 1. The van der Waals surface area contributed by atoms with Crippen LogP contribution >= 0.6 is 0 Å². The first kappa shape index (κ1) is 21.0. The molecule has 10 heteroatoms. The van der Waals surface area contributed by atoms with Gasteiger partial charge in [0, 0.05) is 17.5 Å². The van der Waals surface area contributed by atoms with E-state index >= 15 is 0 Å². The minimum atomic E-state index is -3.52. The monoisotopic (exact) mass is 464 g/mol. The van der Waals surface area contributed by atoms with E-state index in [0.717, 1.165) is 11.8 Å². The third-order valence-electron chi connectivity index (χ3n) is 5.31. The number of aryl methyl sites for hydroxylation is 1. The van der Waals surface area contributed by atoms with Crippen molar-refractivity contribution in [3.05, 3.63) is 70.3 Å². The summed E-state index contributed by atoms with van der Waals surface area (Å²) in [4.78, 5) is 22.7. The lowest BCUT2D eigenvalue weighted by atomic mass is 10.1. The van der Waals surface area contributed by atoms with Crippen molar-refractivity contribution in [1.82, 2.24) is 19.6 Å². The van der Waals surface area contributed by atoms with Gasteiger partial charge >= 0.3 is 0 Å².